The second-order valence-electron chi connectivity index (χ2n) is 10.5. The van der Waals surface area contributed by atoms with E-state index in [9.17, 15) is 24.8 Å². The summed E-state index contributed by atoms with van der Waals surface area (Å²) in [5.74, 6) is -0.460. The molecule has 1 aromatic carbocycles. The molecule has 1 saturated carbocycles. The lowest BCUT2D eigenvalue weighted by Crippen LogP contribution is -2.46. The summed E-state index contributed by atoms with van der Waals surface area (Å²) in [5, 5.41) is 38.9. The predicted molar refractivity (Wildman–Crippen MR) is 150 cm³/mol. The van der Waals surface area contributed by atoms with Gasteiger partial charge in [0.1, 0.15) is 48.9 Å². The van der Waals surface area contributed by atoms with E-state index < -0.39 is 50.3 Å². The Labute approximate surface area is 242 Å². The van der Waals surface area contributed by atoms with Crippen LogP contribution in [0.25, 0.3) is 5.52 Å². The van der Waals surface area contributed by atoms with Crippen molar-refractivity contribution in [2.24, 2.45) is 0 Å². The molecule has 2 aromatic heterocycles. The summed E-state index contributed by atoms with van der Waals surface area (Å²) in [6.07, 6.45) is 1.25. The maximum Gasteiger partial charge on any atom is 0.459 e. The van der Waals surface area contributed by atoms with Gasteiger partial charge < -0.3 is 29.9 Å². The van der Waals surface area contributed by atoms with Crippen LogP contribution in [0, 0.1) is 11.3 Å². The normalized spacial score (nSPS) is 26.8. The highest BCUT2D eigenvalue weighted by Crippen LogP contribution is 2.48. The highest BCUT2D eigenvalue weighted by molar-refractivity contribution is 7.52. The van der Waals surface area contributed by atoms with Crippen LogP contribution in [0.2, 0.25) is 0 Å². The van der Waals surface area contributed by atoms with Crippen LogP contribution < -0.4 is 15.3 Å². The quantitative estimate of drug-likeness (QED) is 0.197. The number of rotatable bonds is 10. The Bertz CT molecular complexity index is 1490. The predicted octanol–water partition coefficient (Wildman–Crippen LogP) is 3.03. The van der Waals surface area contributed by atoms with Gasteiger partial charge in [0.05, 0.1) is 16.9 Å². The van der Waals surface area contributed by atoms with Crippen LogP contribution in [0.1, 0.15) is 50.8 Å². The Morgan fingerprint density at radius 3 is 2.69 bits per heavy atom. The first-order valence-electron chi connectivity index (χ1n) is 13.8. The minimum absolute atomic E-state index is 0.168. The van der Waals surface area contributed by atoms with Crippen LogP contribution in [0.5, 0.6) is 5.75 Å². The molecule has 2 fully saturated rings. The van der Waals surface area contributed by atoms with Crippen LogP contribution in [-0.4, -0.2) is 62.4 Å². The van der Waals surface area contributed by atoms with E-state index in [0.29, 0.717) is 16.9 Å². The zero-order valence-electron chi connectivity index (χ0n) is 23.0. The van der Waals surface area contributed by atoms with E-state index in [4.69, 9.17) is 24.3 Å². The van der Waals surface area contributed by atoms with E-state index >= 15 is 0 Å². The molecule has 224 valence electrons. The summed E-state index contributed by atoms with van der Waals surface area (Å²) in [5.41, 5.74) is 5.17. The number of carbonyl (C=O) groups is 1. The number of esters is 1. The SMILES string of the molecule is C[C@H](NP(=O)(OC[C@@]1(C#N)O[C@@H](c2ccc3c(N)ccnn23)[C@H](O)[C@@H]1O)Oc1ccccc1)C(=O)OC1CCCCC1. The molecule has 13 nitrogen and oxygen atoms in total. The zero-order chi connectivity index (χ0) is 29.9. The van der Waals surface area contributed by atoms with Gasteiger partial charge in [0.15, 0.2) is 0 Å². The van der Waals surface area contributed by atoms with Gasteiger partial charge in [-0.05, 0) is 62.9 Å². The van der Waals surface area contributed by atoms with Gasteiger partial charge in [-0.2, -0.15) is 15.4 Å². The molecular weight excluding hydrogens is 565 g/mol. The average Bonchev–Trinajstić information content (AvgIpc) is 3.53. The highest BCUT2D eigenvalue weighted by atomic mass is 31.2. The van der Waals surface area contributed by atoms with E-state index in [1.165, 1.54) is 17.6 Å². The van der Waals surface area contributed by atoms with E-state index in [1.807, 2.05) is 6.07 Å². The molecular formula is C28H34N5O8P. The minimum Gasteiger partial charge on any atom is -0.461 e. The van der Waals surface area contributed by atoms with Crippen molar-refractivity contribution in [1.82, 2.24) is 14.7 Å². The summed E-state index contributed by atoms with van der Waals surface area (Å²) in [6.45, 7) is 0.686. The van der Waals surface area contributed by atoms with Crippen molar-refractivity contribution < 1.29 is 38.1 Å². The molecule has 1 unspecified atom stereocenters. The van der Waals surface area contributed by atoms with Gasteiger partial charge in [0.2, 0.25) is 5.60 Å². The lowest BCUT2D eigenvalue weighted by molar-refractivity contribution is -0.152. The summed E-state index contributed by atoms with van der Waals surface area (Å²) < 4.78 is 38.3. The number of benzene rings is 1. The summed E-state index contributed by atoms with van der Waals surface area (Å²) in [6, 6.07) is 13.8. The molecule has 42 heavy (non-hydrogen) atoms. The van der Waals surface area contributed by atoms with Gasteiger partial charge in [-0.1, -0.05) is 24.6 Å². The molecule has 0 amide bonds. The fraction of sp³-hybridized carbons (Fsp3) is 0.464. The van der Waals surface area contributed by atoms with Gasteiger partial charge in [-0.15, -0.1) is 0 Å². The first-order valence-corrected chi connectivity index (χ1v) is 15.3. The fourth-order valence-corrected chi connectivity index (χ4v) is 6.71. The highest BCUT2D eigenvalue weighted by Gasteiger charge is 2.57. The standard InChI is InChI=1S/C28H34N5O8P/c1-18(27(36)39-19-8-4-2-5-9-19)32-42(37,41-20-10-6-3-7-11-20)38-17-28(16-29)26(35)24(34)25(40-28)23-13-12-22-21(30)14-15-31-33(22)23/h3,6-7,10-15,18-19,24-26,34-35H,2,4-5,8-9,17,30H2,1H3,(H,32,37)/t18-,24-,25-,26-,28+,42?/m0/s1. The van der Waals surface area contributed by atoms with Crippen molar-refractivity contribution in [3.8, 4) is 11.8 Å². The van der Waals surface area contributed by atoms with Crippen LogP contribution >= 0.6 is 7.75 Å². The van der Waals surface area contributed by atoms with E-state index in [1.54, 1.807) is 48.5 Å². The molecule has 1 aliphatic carbocycles. The molecule has 0 radical (unpaired) electrons. The van der Waals surface area contributed by atoms with Gasteiger partial charge in [0, 0.05) is 6.20 Å². The molecule has 5 rings (SSSR count). The maximum absolute atomic E-state index is 14.0. The Balaban J connectivity index is 1.35. The van der Waals surface area contributed by atoms with Gasteiger partial charge >= 0.3 is 13.7 Å². The van der Waals surface area contributed by atoms with Crippen molar-refractivity contribution in [3.05, 3.63) is 60.4 Å². The largest absolute Gasteiger partial charge is 0.461 e. The Kier molecular flexibility index (Phi) is 8.84. The third-order valence-electron chi connectivity index (χ3n) is 7.50. The lowest BCUT2D eigenvalue weighted by atomic mass is 9.96. The van der Waals surface area contributed by atoms with Crippen LogP contribution in [0.4, 0.5) is 5.69 Å². The molecule has 0 bridgehead atoms. The van der Waals surface area contributed by atoms with E-state index in [0.717, 1.165) is 32.1 Å². The van der Waals surface area contributed by atoms with E-state index in [-0.39, 0.29) is 11.9 Å². The maximum atomic E-state index is 14.0. The number of aromatic nitrogens is 2. The van der Waals surface area contributed by atoms with Crippen molar-refractivity contribution >= 4 is 24.9 Å². The number of aliphatic hydroxyl groups excluding tert-OH is 2. The molecule has 0 spiro atoms. The molecule has 5 N–H and O–H groups in total. The van der Waals surface area contributed by atoms with Gasteiger partial charge in [-0.25, -0.2) is 9.08 Å². The monoisotopic (exact) mass is 599 g/mol. The number of hydrogen-bond donors (Lipinski definition) is 4. The number of nitriles is 1. The Morgan fingerprint density at radius 2 is 1.98 bits per heavy atom. The number of ether oxygens (including phenoxy) is 2. The molecule has 3 heterocycles. The number of para-hydroxylation sites is 1. The summed E-state index contributed by atoms with van der Waals surface area (Å²) in [7, 11) is -4.39. The van der Waals surface area contributed by atoms with Crippen LogP contribution in [0.15, 0.2) is 54.7 Å². The number of nitrogen functional groups attached to an aromatic ring is 1. The number of carbonyl (C=O) groups excluding carboxylic acids is 1. The first-order chi connectivity index (χ1) is 20.1. The second-order valence-corrected chi connectivity index (χ2v) is 12.2. The number of fused-ring (bicyclic) bond motifs is 1. The van der Waals surface area contributed by atoms with Crippen molar-refractivity contribution in [1.29, 1.82) is 5.26 Å². The molecule has 14 heteroatoms. The van der Waals surface area contributed by atoms with Crippen molar-refractivity contribution in [2.45, 2.75) is 75.1 Å². The number of nitrogens with one attached hydrogen (secondary N) is 1. The third-order valence-corrected chi connectivity index (χ3v) is 9.13. The Morgan fingerprint density at radius 1 is 1.24 bits per heavy atom. The second kappa shape index (κ2) is 12.4. The molecule has 1 aliphatic heterocycles. The topological polar surface area (TPSA) is 191 Å². The third kappa shape index (κ3) is 6.15. The number of hydrogen-bond acceptors (Lipinski definition) is 11. The number of aliphatic hydroxyl groups is 2. The Hall–Kier alpha value is -3.50. The smallest absolute Gasteiger partial charge is 0.459 e. The number of nitrogens with two attached hydrogens (primary N) is 1. The van der Waals surface area contributed by atoms with Gasteiger partial charge in [-0.3, -0.25) is 9.32 Å². The van der Waals surface area contributed by atoms with Gasteiger partial charge in [0.25, 0.3) is 0 Å². The molecule has 1 saturated heterocycles. The summed E-state index contributed by atoms with van der Waals surface area (Å²) in [4.78, 5) is 12.8. The molecule has 3 aromatic rings. The number of anilines is 1. The molecule has 6 atom stereocenters. The van der Waals surface area contributed by atoms with Crippen molar-refractivity contribution in [2.75, 3.05) is 12.3 Å². The van der Waals surface area contributed by atoms with Crippen LogP contribution in [0.3, 0.4) is 0 Å². The first kappa shape index (κ1) is 30.0. The average molecular weight is 600 g/mol. The molecule has 2 aliphatic rings. The minimum atomic E-state index is -4.39. The fourth-order valence-electron chi connectivity index (χ4n) is 5.19. The summed E-state index contributed by atoms with van der Waals surface area (Å²) >= 11 is 0. The van der Waals surface area contributed by atoms with Crippen LogP contribution in [-0.2, 0) is 23.4 Å². The van der Waals surface area contributed by atoms with E-state index in [2.05, 4.69) is 10.2 Å². The number of nitrogens with zero attached hydrogens (tertiary/aromatic N) is 3. The lowest BCUT2D eigenvalue weighted by Gasteiger charge is -2.29. The zero-order valence-corrected chi connectivity index (χ0v) is 23.9. The van der Waals surface area contributed by atoms with Crippen molar-refractivity contribution in [3.63, 3.8) is 0 Å².